The highest BCUT2D eigenvalue weighted by Gasteiger charge is 2.23. The second-order valence-electron chi connectivity index (χ2n) is 5.54. The molecule has 2 amide bonds. The monoisotopic (exact) mass is 373 g/mol. The van der Waals surface area contributed by atoms with Crippen molar-refractivity contribution in [1.82, 2.24) is 15.5 Å². The summed E-state index contributed by atoms with van der Waals surface area (Å²) in [4.78, 5) is 26.6. The van der Waals surface area contributed by atoms with E-state index in [1.807, 2.05) is 38.4 Å². The summed E-state index contributed by atoms with van der Waals surface area (Å²) in [6, 6.07) is 6.90. The second-order valence-corrected chi connectivity index (χ2v) is 6.53. The van der Waals surface area contributed by atoms with E-state index in [4.69, 9.17) is 0 Å². The second kappa shape index (κ2) is 12.2. The molecule has 1 aromatic carbocycles. The van der Waals surface area contributed by atoms with E-state index in [-0.39, 0.29) is 24.2 Å². The highest BCUT2D eigenvalue weighted by Crippen LogP contribution is 2.08. The zero-order valence-electron chi connectivity index (χ0n) is 14.8. The van der Waals surface area contributed by atoms with Crippen LogP contribution in [0.2, 0.25) is 0 Å². The Morgan fingerprint density at radius 1 is 1.33 bits per heavy atom. The third kappa shape index (κ3) is 7.55. The predicted octanol–water partition coefficient (Wildman–Crippen LogP) is 1.95. The van der Waals surface area contributed by atoms with Crippen molar-refractivity contribution in [3.05, 3.63) is 35.4 Å². The minimum Gasteiger partial charge on any atom is -0.343 e. The number of likely N-dealkylation sites (N-methyl/N-ethyl adjacent to an activating group) is 2. The molecule has 0 heterocycles. The summed E-state index contributed by atoms with van der Waals surface area (Å²) in [7, 11) is 3.62. The summed E-state index contributed by atoms with van der Waals surface area (Å²) in [5, 5.41) is 5.91. The number of hydrogen-bond donors (Lipinski definition) is 2. The van der Waals surface area contributed by atoms with Gasteiger partial charge in [-0.2, -0.15) is 11.8 Å². The molecule has 2 N–H and O–H groups in total. The quantitative estimate of drug-likeness (QED) is 0.694. The molecule has 136 valence electrons. The first kappa shape index (κ1) is 22.8. The van der Waals surface area contributed by atoms with Crippen LogP contribution in [0.15, 0.2) is 24.3 Å². The van der Waals surface area contributed by atoms with Gasteiger partial charge in [0.1, 0.15) is 6.04 Å². The molecule has 0 saturated carbocycles. The Morgan fingerprint density at radius 3 is 2.62 bits per heavy atom. The topological polar surface area (TPSA) is 61.4 Å². The molecular formula is C17H28ClN3O2S. The molecule has 0 aliphatic carbocycles. The molecule has 24 heavy (non-hydrogen) atoms. The maximum absolute atomic E-state index is 12.6. The summed E-state index contributed by atoms with van der Waals surface area (Å²) in [5.74, 6) is 0.579. The number of aryl methyl sites for hydroxylation is 1. The molecule has 0 fully saturated rings. The SMILES string of the molecule is CNCCN(C)C(=O)C(CCSC)NC(=O)c1cccc(C)c1.Cl. The van der Waals surface area contributed by atoms with Crippen LogP contribution in [0, 0.1) is 6.92 Å². The summed E-state index contributed by atoms with van der Waals surface area (Å²) < 4.78 is 0. The van der Waals surface area contributed by atoms with E-state index in [2.05, 4.69) is 10.6 Å². The lowest BCUT2D eigenvalue weighted by molar-refractivity contribution is -0.131. The third-order valence-electron chi connectivity index (χ3n) is 3.57. The van der Waals surface area contributed by atoms with Crippen molar-refractivity contribution in [2.24, 2.45) is 0 Å². The molecule has 1 atom stereocenters. The van der Waals surface area contributed by atoms with E-state index in [9.17, 15) is 9.59 Å². The lowest BCUT2D eigenvalue weighted by Gasteiger charge is -2.24. The van der Waals surface area contributed by atoms with Gasteiger partial charge >= 0.3 is 0 Å². The van der Waals surface area contributed by atoms with Gasteiger partial charge in [0.2, 0.25) is 5.91 Å². The summed E-state index contributed by atoms with van der Waals surface area (Å²) >= 11 is 1.67. The van der Waals surface area contributed by atoms with Crippen LogP contribution in [0.25, 0.3) is 0 Å². The number of benzene rings is 1. The van der Waals surface area contributed by atoms with Gasteiger partial charge in [-0.15, -0.1) is 12.4 Å². The Labute approximate surface area is 155 Å². The van der Waals surface area contributed by atoms with Gasteiger partial charge in [-0.1, -0.05) is 17.7 Å². The molecular weight excluding hydrogens is 346 g/mol. The van der Waals surface area contributed by atoms with E-state index in [0.717, 1.165) is 17.9 Å². The largest absolute Gasteiger partial charge is 0.343 e. The average Bonchev–Trinajstić information content (AvgIpc) is 2.55. The molecule has 0 aromatic heterocycles. The number of nitrogens with zero attached hydrogens (tertiary/aromatic N) is 1. The summed E-state index contributed by atoms with van der Waals surface area (Å²) in [5.41, 5.74) is 1.61. The van der Waals surface area contributed by atoms with E-state index < -0.39 is 6.04 Å². The van der Waals surface area contributed by atoms with Gasteiger partial charge in [0, 0.05) is 25.7 Å². The first-order chi connectivity index (χ1) is 11.0. The molecule has 0 saturated heterocycles. The van der Waals surface area contributed by atoms with Crippen LogP contribution in [0.1, 0.15) is 22.3 Å². The van der Waals surface area contributed by atoms with E-state index in [0.29, 0.717) is 18.5 Å². The van der Waals surface area contributed by atoms with Gasteiger partial charge in [-0.05, 0) is 44.5 Å². The van der Waals surface area contributed by atoms with Crippen molar-refractivity contribution in [3.8, 4) is 0 Å². The summed E-state index contributed by atoms with van der Waals surface area (Å²) in [6.07, 6.45) is 2.62. The van der Waals surface area contributed by atoms with Crippen LogP contribution in [-0.2, 0) is 4.79 Å². The molecule has 5 nitrogen and oxygen atoms in total. The third-order valence-corrected chi connectivity index (χ3v) is 4.21. The smallest absolute Gasteiger partial charge is 0.251 e. The highest BCUT2D eigenvalue weighted by molar-refractivity contribution is 7.98. The van der Waals surface area contributed by atoms with Crippen molar-refractivity contribution >= 4 is 36.0 Å². The number of carbonyl (C=O) groups is 2. The molecule has 1 rings (SSSR count). The Hall–Kier alpha value is -1.24. The maximum Gasteiger partial charge on any atom is 0.251 e. The van der Waals surface area contributed by atoms with Crippen molar-refractivity contribution in [1.29, 1.82) is 0 Å². The number of thioether (sulfide) groups is 1. The lowest BCUT2D eigenvalue weighted by atomic mass is 10.1. The molecule has 0 aliphatic rings. The number of amides is 2. The first-order valence-corrected chi connectivity index (χ1v) is 9.15. The van der Waals surface area contributed by atoms with E-state index >= 15 is 0 Å². The summed E-state index contributed by atoms with van der Waals surface area (Å²) in [6.45, 7) is 3.29. The Bertz CT molecular complexity index is 528. The van der Waals surface area contributed by atoms with Crippen LogP contribution in [0.4, 0.5) is 0 Å². The van der Waals surface area contributed by atoms with Crippen LogP contribution in [0.3, 0.4) is 0 Å². The molecule has 1 unspecified atom stereocenters. The van der Waals surface area contributed by atoms with Gasteiger partial charge in [0.15, 0.2) is 0 Å². The molecule has 0 radical (unpaired) electrons. The van der Waals surface area contributed by atoms with Crippen LogP contribution < -0.4 is 10.6 Å². The van der Waals surface area contributed by atoms with Crippen molar-refractivity contribution in [2.45, 2.75) is 19.4 Å². The van der Waals surface area contributed by atoms with Gasteiger partial charge in [-0.25, -0.2) is 0 Å². The Morgan fingerprint density at radius 2 is 2.04 bits per heavy atom. The van der Waals surface area contributed by atoms with Gasteiger partial charge in [0.05, 0.1) is 0 Å². The number of rotatable bonds is 9. The zero-order chi connectivity index (χ0) is 17.2. The Kier molecular flexibility index (Phi) is 11.5. The molecule has 1 aromatic rings. The number of hydrogen-bond acceptors (Lipinski definition) is 4. The normalized spacial score (nSPS) is 11.3. The fourth-order valence-electron chi connectivity index (χ4n) is 2.18. The fourth-order valence-corrected chi connectivity index (χ4v) is 2.65. The Balaban J connectivity index is 0.00000529. The van der Waals surface area contributed by atoms with Gasteiger partial charge in [0.25, 0.3) is 5.91 Å². The van der Waals surface area contributed by atoms with Crippen LogP contribution in [-0.4, -0.2) is 61.9 Å². The molecule has 0 aliphatic heterocycles. The molecule has 0 spiro atoms. The lowest BCUT2D eigenvalue weighted by Crippen LogP contribution is -2.48. The average molecular weight is 374 g/mol. The number of halogens is 1. The number of nitrogens with one attached hydrogen (secondary N) is 2. The molecule has 7 heteroatoms. The van der Waals surface area contributed by atoms with Gasteiger partial charge in [-0.3, -0.25) is 9.59 Å². The van der Waals surface area contributed by atoms with Crippen molar-refractivity contribution in [3.63, 3.8) is 0 Å². The van der Waals surface area contributed by atoms with E-state index in [1.165, 1.54) is 0 Å². The van der Waals surface area contributed by atoms with E-state index in [1.54, 1.807) is 29.8 Å². The first-order valence-electron chi connectivity index (χ1n) is 7.75. The highest BCUT2D eigenvalue weighted by atomic mass is 35.5. The maximum atomic E-state index is 12.6. The molecule has 0 bridgehead atoms. The standard InChI is InChI=1S/C17H27N3O2S.ClH/c1-13-6-5-7-14(12-13)16(21)19-15(8-11-23-4)17(22)20(3)10-9-18-2;/h5-7,12,15,18H,8-11H2,1-4H3,(H,19,21);1H. The fraction of sp³-hybridized carbons (Fsp3) is 0.529. The number of carbonyl (C=O) groups excluding carboxylic acids is 2. The van der Waals surface area contributed by atoms with Gasteiger partial charge < -0.3 is 15.5 Å². The zero-order valence-corrected chi connectivity index (χ0v) is 16.4. The van der Waals surface area contributed by atoms with Crippen molar-refractivity contribution < 1.29 is 9.59 Å². The van der Waals surface area contributed by atoms with Crippen molar-refractivity contribution in [2.75, 3.05) is 39.2 Å². The van der Waals surface area contributed by atoms with Crippen LogP contribution >= 0.6 is 24.2 Å². The minimum atomic E-state index is -0.489. The van der Waals surface area contributed by atoms with Crippen LogP contribution in [0.5, 0.6) is 0 Å². The minimum absolute atomic E-state index is 0. The predicted molar refractivity (Wildman–Crippen MR) is 104 cm³/mol.